The predicted molar refractivity (Wildman–Crippen MR) is 62.6 cm³/mol. The third-order valence-electron chi connectivity index (χ3n) is 1.47. The summed E-state index contributed by atoms with van der Waals surface area (Å²) in [5.74, 6) is 0. The molecular weight excluding hydrogens is 366 g/mol. The summed E-state index contributed by atoms with van der Waals surface area (Å²) in [5, 5.41) is 0. The van der Waals surface area contributed by atoms with Crippen LogP contribution in [-0.2, 0) is 0 Å². The molecule has 0 aliphatic carbocycles. The second-order valence-corrected chi connectivity index (χ2v) is 4.25. The van der Waals surface area contributed by atoms with Crippen molar-refractivity contribution < 1.29 is 0 Å². The molecule has 0 aliphatic rings. The Balaban J connectivity index is 3.03. The Morgan fingerprint density at radius 1 is 1.73 bits per heavy atom. The molecule has 0 aliphatic heterocycles. The molecule has 0 saturated heterocycles. The fourth-order valence-corrected chi connectivity index (χ4v) is 1.83. The Labute approximate surface area is 93.4 Å². The number of hydrogen-bond donors (Lipinski definition) is 0. The molecule has 60 valence electrons. The lowest BCUT2D eigenvalue weighted by Crippen LogP contribution is -2.02. The molecule has 0 saturated carbocycles. The first-order chi connectivity index (χ1) is 5.16. The van der Waals surface area contributed by atoms with Gasteiger partial charge in [0, 0.05) is 0 Å². The van der Waals surface area contributed by atoms with Gasteiger partial charge in [0.1, 0.15) is 7.40 Å². The number of aromatic nitrogens is 2. The maximum absolute atomic E-state index is 4.18. The highest BCUT2D eigenvalue weighted by Gasteiger charge is 2.07. The fourth-order valence-electron chi connectivity index (χ4n) is 0.721. The lowest BCUT2D eigenvalue weighted by molar-refractivity contribution is 0.647. The predicted octanol–water partition coefficient (Wildman–Crippen LogP) is 2.84. The molecule has 0 spiro atoms. The van der Waals surface area contributed by atoms with Crippen LogP contribution in [0.15, 0.2) is 19.0 Å². The van der Waals surface area contributed by atoms with Gasteiger partial charge >= 0.3 is 0 Å². The summed E-state index contributed by atoms with van der Waals surface area (Å²) in [7, 11) is 0. The molecule has 0 bridgehead atoms. The molecule has 0 radical (unpaired) electrons. The van der Waals surface area contributed by atoms with Crippen LogP contribution in [-0.4, -0.2) is 9.55 Å². The molecule has 0 aromatic carbocycles. The first-order valence-corrected chi connectivity index (χ1v) is 5.33. The Morgan fingerprint density at radius 2 is 2.36 bits per heavy atom. The van der Waals surface area contributed by atoms with E-state index in [0.717, 1.165) is 3.70 Å². The van der Waals surface area contributed by atoms with Crippen molar-refractivity contribution in [2.75, 3.05) is 0 Å². The van der Waals surface area contributed by atoms with Gasteiger partial charge in [-0.05, 0) is 52.1 Å². The maximum Gasteiger partial charge on any atom is 0.132 e. The van der Waals surface area contributed by atoms with Crippen LogP contribution in [0.2, 0.25) is 0 Å². The monoisotopic (exact) mass is 374 g/mol. The highest BCUT2D eigenvalue weighted by molar-refractivity contribution is 14.1. The molecule has 0 fully saturated rings. The van der Waals surface area contributed by atoms with Crippen LogP contribution in [0.1, 0.15) is 13.0 Å². The standard InChI is InChI=1S/C7H8I2N2/c1-3-5(2)11-4-10-6(8)7(11)9/h3-5H,1H2,2H3. The van der Waals surface area contributed by atoms with Crippen LogP contribution in [0.4, 0.5) is 0 Å². The van der Waals surface area contributed by atoms with Crippen molar-refractivity contribution >= 4 is 45.2 Å². The van der Waals surface area contributed by atoms with Crippen LogP contribution < -0.4 is 0 Å². The molecule has 1 aromatic heterocycles. The van der Waals surface area contributed by atoms with E-state index in [9.17, 15) is 0 Å². The van der Waals surface area contributed by atoms with E-state index >= 15 is 0 Å². The highest BCUT2D eigenvalue weighted by Crippen LogP contribution is 2.17. The first-order valence-electron chi connectivity index (χ1n) is 3.17. The van der Waals surface area contributed by atoms with Gasteiger partial charge in [0.15, 0.2) is 0 Å². The summed E-state index contributed by atoms with van der Waals surface area (Å²) in [6, 6.07) is 0.331. The van der Waals surface area contributed by atoms with E-state index in [-0.39, 0.29) is 0 Å². The van der Waals surface area contributed by atoms with Gasteiger partial charge < -0.3 is 4.57 Å². The van der Waals surface area contributed by atoms with Crippen LogP contribution in [0.25, 0.3) is 0 Å². The second-order valence-electron chi connectivity index (χ2n) is 2.21. The minimum Gasteiger partial charge on any atom is -0.318 e. The summed E-state index contributed by atoms with van der Waals surface area (Å²) in [5.41, 5.74) is 0. The van der Waals surface area contributed by atoms with Gasteiger partial charge in [0.25, 0.3) is 0 Å². The topological polar surface area (TPSA) is 17.8 Å². The van der Waals surface area contributed by atoms with E-state index < -0.39 is 0 Å². The lowest BCUT2D eigenvalue weighted by atomic mass is 10.3. The number of halogens is 2. The summed E-state index contributed by atoms with van der Waals surface area (Å²) >= 11 is 4.50. The van der Waals surface area contributed by atoms with E-state index in [1.807, 2.05) is 12.4 Å². The van der Waals surface area contributed by atoms with Crippen molar-refractivity contribution in [3.63, 3.8) is 0 Å². The number of imidazole rings is 1. The molecule has 11 heavy (non-hydrogen) atoms. The Hall–Kier alpha value is 0.410. The average molecular weight is 374 g/mol. The van der Waals surface area contributed by atoms with Gasteiger partial charge in [-0.1, -0.05) is 6.08 Å². The molecule has 1 aromatic rings. The van der Waals surface area contributed by atoms with Crippen molar-refractivity contribution in [3.8, 4) is 0 Å². The molecule has 2 nitrogen and oxygen atoms in total. The van der Waals surface area contributed by atoms with Crippen molar-refractivity contribution in [1.82, 2.24) is 9.55 Å². The maximum atomic E-state index is 4.18. The molecule has 0 amide bonds. The largest absolute Gasteiger partial charge is 0.318 e. The van der Waals surface area contributed by atoms with Crippen LogP contribution in [0, 0.1) is 7.40 Å². The minimum atomic E-state index is 0.331. The summed E-state index contributed by atoms with van der Waals surface area (Å²) in [6.07, 6.45) is 3.75. The lowest BCUT2D eigenvalue weighted by Gasteiger charge is -2.07. The van der Waals surface area contributed by atoms with Gasteiger partial charge in [-0.15, -0.1) is 6.58 Å². The average Bonchev–Trinajstić information content (AvgIpc) is 2.32. The minimum absolute atomic E-state index is 0.331. The van der Waals surface area contributed by atoms with Crippen LogP contribution >= 0.6 is 45.2 Å². The SMILES string of the molecule is C=CC(C)n1cnc(I)c1I. The number of nitrogens with zero attached hydrogens (tertiary/aromatic N) is 2. The molecular formula is C7H8I2N2. The fraction of sp³-hybridized carbons (Fsp3) is 0.286. The van der Waals surface area contributed by atoms with Crippen molar-refractivity contribution in [2.24, 2.45) is 0 Å². The van der Waals surface area contributed by atoms with Gasteiger partial charge in [0.2, 0.25) is 0 Å². The van der Waals surface area contributed by atoms with E-state index in [4.69, 9.17) is 0 Å². The van der Waals surface area contributed by atoms with Crippen LogP contribution in [0.3, 0.4) is 0 Å². The van der Waals surface area contributed by atoms with E-state index in [1.165, 1.54) is 3.70 Å². The van der Waals surface area contributed by atoms with Crippen molar-refractivity contribution in [2.45, 2.75) is 13.0 Å². The van der Waals surface area contributed by atoms with E-state index in [2.05, 4.69) is 68.2 Å². The van der Waals surface area contributed by atoms with Crippen LogP contribution in [0.5, 0.6) is 0 Å². The Kier molecular flexibility index (Phi) is 3.35. The summed E-state index contributed by atoms with van der Waals surface area (Å²) in [6.45, 7) is 5.82. The van der Waals surface area contributed by atoms with Crippen molar-refractivity contribution in [1.29, 1.82) is 0 Å². The number of allylic oxidation sites excluding steroid dienone is 1. The summed E-state index contributed by atoms with van der Waals surface area (Å²) < 4.78 is 4.32. The van der Waals surface area contributed by atoms with E-state index in [1.54, 1.807) is 0 Å². The molecule has 1 heterocycles. The third-order valence-corrected chi connectivity index (χ3v) is 4.36. The third kappa shape index (κ3) is 1.95. The van der Waals surface area contributed by atoms with Gasteiger partial charge in [-0.3, -0.25) is 0 Å². The zero-order valence-corrected chi connectivity index (χ0v) is 10.4. The zero-order valence-electron chi connectivity index (χ0n) is 6.09. The number of rotatable bonds is 2. The first kappa shape index (κ1) is 9.50. The van der Waals surface area contributed by atoms with E-state index in [0.29, 0.717) is 6.04 Å². The van der Waals surface area contributed by atoms with Crippen molar-refractivity contribution in [3.05, 3.63) is 26.4 Å². The second kappa shape index (κ2) is 3.88. The van der Waals surface area contributed by atoms with Gasteiger partial charge in [-0.25, -0.2) is 4.98 Å². The molecule has 1 rings (SSSR count). The molecule has 1 atom stereocenters. The quantitative estimate of drug-likeness (QED) is 0.575. The molecule has 0 N–H and O–H groups in total. The summed E-state index contributed by atoms with van der Waals surface area (Å²) in [4.78, 5) is 4.18. The van der Waals surface area contributed by atoms with Gasteiger partial charge in [-0.2, -0.15) is 0 Å². The molecule has 1 unspecified atom stereocenters. The Bertz CT molecular complexity index is 267. The highest BCUT2D eigenvalue weighted by atomic mass is 127. The van der Waals surface area contributed by atoms with Gasteiger partial charge in [0.05, 0.1) is 12.4 Å². The smallest absolute Gasteiger partial charge is 0.132 e. The zero-order chi connectivity index (χ0) is 8.43. The molecule has 4 heteroatoms. The number of hydrogen-bond acceptors (Lipinski definition) is 1. The Morgan fingerprint density at radius 3 is 2.73 bits per heavy atom. The normalized spacial score (nSPS) is 13.0.